The van der Waals surface area contributed by atoms with Crippen LogP contribution >= 0.6 is 0 Å². The quantitative estimate of drug-likeness (QED) is 0.414. The Morgan fingerprint density at radius 1 is 1.12 bits per heavy atom. The first-order valence-electron chi connectivity index (χ1n) is 10.6. The van der Waals surface area contributed by atoms with Crippen LogP contribution in [0.4, 0.5) is 4.39 Å². The van der Waals surface area contributed by atoms with Crippen molar-refractivity contribution in [3.8, 4) is 28.5 Å². The normalized spacial score (nSPS) is 11.3. The highest BCUT2D eigenvalue weighted by Gasteiger charge is 2.19. The Morgan fingerprint density at radius 3 is 2.62 bits per heavy atom. The zero-order valence-electron chi connectivity index (χ0n) is 18.5. The van der Waals surface area contributed by atoms with Crippen LogP contribution in [0.5, 0.6) is 5.75 Å². The predicted molar refractivity (Wildman–Crippen MR) is 123 cm³/mol. The largest absolute Gasteiger partial charge is 0.497 e. The zero-order valence-corrected chi connectivity index (χ0v) is 18.5. The molecule has 0 fully saturated rings. The number of aliphatic hydroxyl groups is 1. The summed E-state index contributed by atoms with van der Waals surface area (Å²) in [5, 5.41) is 14.4. The fourth-order valence-corrected chi connectivity index (χ4v) is 3.89. The van der Waals surface area contributed by atoms with Crippen molar-refractivity contribution < 1.29 is 18.7 Å². The summed E-state index contributed by atoms with van der Waals surface area (Å²) < 4.78 is 27.6. The number of nitrogens with zero attached hydrogens (tertiary/aromatic N) is 4. The Morgan fingerprint density at radius 2 is 1.91 bits per heavy atom. The number of aryl methyl sites for hydroxylation is 1. The molecule has 5 aromatic rings. The molecule has 172 valence electrons. The van der Waals surface area contributed by atoms with E-state index in [0.29, 0.717) is 34.2 Å². The van der Waals surface area contributed by atoms with Crippen LogP contribution < -0.4 is 10.3 Å². The van der Waals surface area contributed by atoms with Crippen LogP contribution in [0.1, 0.15) is 17.0 Å². The average Bonchev–Trinajstić information content (AvgIpc) is 3.41. The lowest BCUT2D eigenvalue weighted by Crippen LogP contribution is -2.23. The van der Waals surface area contributed by atoms with Crippen molar-refractivity contribution in [2.24, 2.45) is 0 Å². The minimum Gasteiger partial charge on any atom is -0.497 e. The van der Waals surface area contributed by atoms with E-state index < -0.39 is 12.4 Å². The molecule has 34 heavy (non-hydrogen) atoms. The molecule has 0 aliphatic carbocycles. The van der Waals surface area contributed by atoms with Crippen molar-refractivity contribution in [1.29, 1.82) is 0 Å². The summed E-state index contributed by atoms with van der Waals surface area (Å²) in [7, 11) is 1.60. The van der Waals surface area contributed by atoms with Gasteiger partial charge in [0, 0.05) is 29.1 Å². The number of oxazole rings is 1. The lowest BCUT2D eigenvalue weighted by molar-refractivity contribution is 0.283. The third kappa shape index (κ3) is 3.75. The molecule has 9 heteroatoms. The smallest absolute Gasteiger partial charge is 0.277 e. The van der Waals surface area contributed by atoms with Gasteiger partial charge in [0.2, 0.25) is 5.89 Å². The van der Waals surface area contributed by atoms with Gasteiger partial charge in [0.1, 0.15) is 28.5 Å². The Hall–Kier alpha value is -4.24. The van der Waals surface area contributed by atoms with E-state index in [9.17, 15) is 14.3 Å². The Bertz CT molecular complexity index is 1550. The van der Waals surface area contributed by atoms with Crippen LogP contribution in [0.3, 0.4) is 0 Å². The fourth-order valence-electron chi connectivity index (χ4n) is 3.89. The molecule has 0 aliphatic heterocycles. The number of methoxy groups -OCH3 is 1. The Kier molecular flexibility index (Phi) is 5.46. The van der Waals surface area contributed by atoms with Gasteiger partial charge < -0.3 is 18.8 Å². The van der Waals surface area contributed by atoms with E-state index >= 15 is 0 Å². The summed E-state index contributed by atoms with van der Waals surface area (Å²) in [5.74, 6) is 1.34. The van der Waals surface area contributed by atoms with Gasteiger partial charge in [0.05, 0.1) is 26.0 Å². The van der Waals surface area contributed by atoms with Gasteiger partial charge >= 0.3 is 0 Å². The van der Waals surface area contributed by atoms with Crippen LogP contribution in [0, 0.1) is 12.7 Å². The maximum atomic E-state index is 13.7. The Balaban J connectivity index is 1.53. The van der Waals surface area contributed by atoms with E-state index in [0.717, 1.165) is 11.3 Å². The van der Waals surface area contributed by atoms with Crippen molar-refractivity contribution in [2.75, 3.05) is 7.11 Å². The molecule has 0 radical (unpaired) electrons. The molecule has 2 aromatic carbocycles. The van der Waals surface area contributed by atoms with Crippen molar-refractivity contribution >= 4 is 5.52 Å². The van der Waals surface area contributed by atoms with Crippen molar-refractivity contribution in [1.82, 2.24) is 19.2 Å². The SMILES string of the molecule is COc1ccc(-c2nc(Cn3ccn4nc(-c5cccc(F)c5)c(CO)c4c3=O)c(C)o2)cc1. The van der Waals surface area contributed by atoms with Crippen LogP contribution in [0.15, 0.2) is 70.1 Å². The molecule has 1 N–H and O–H groups in total. The van der Waals surface area contributed by atoms with Gasteiger partial charge in [-0.3, -0.25) is 4.79 Å². The molecule has 0 saturated carbocycles. The van der Waals surface area contributed by atoms with E-state index in [1.165, 1.54) is 21.2 Å². The summed E-state index contributed by atoms with van der Waals surface area (Å²) in [5.41, 5.74) is 2.44. The van der Waals surface area contributed by atoms with Gasteiger partial charge in [-0.05, 0) is 43.3 Å². The molecule has 0 unspecified atom stereocenters. The number of benzene rings is 2. The average molecular weight is 460 g/mol. The van der Waals surface area contributed by atoms with E-state index in [1.54, 1.807) is 38.6 Å². The lowest BCUT2D eigenvalue weighted by Gasteiger charge is -2.05. The van der Waals surface area contributed by atoms with E-state index in [4.69, 9.17) is 9.15 Å². The monoisotopic (exact) mass is 460 g/mol. The molecular weight excluding hydrogens is 439 g/mol. The van der Waals surface area contributed by atoms with Crippen LogP contribution in [-0.2, 0) is 13.2 Å². The maximum absolute atomic E-state index is 13.7. The molecule has 0 aliphatic rings. The van der Waals surface area contributed by atoms with Gasteiger partial charge in [-0.25, -0.2) is 13.9 Å². The van der Waals surface area contributed by atoms with Gasteiger partial charge in [-0.2, -0.15) is 5.10 Å². The van der Waals surface area contributed by atoms with E-state index in [1.807, 2.05) is 24.3 Å². The summed E-state index contributed by atoms with van der Waals surface area (Å²) in [6.07, 6.45) is 3.22. The third-order valence-electron chi connectivity index (χ3n) is 5.67. The number of halogens is 1. The predicted octanol–water partition coefficient (Wildman–Crippen LogP) is 3.81. The third-order valence-corrected chi connectivity index (χ3v) is 5.67. The Labute approximate surface area is 193 Å². The van der Waals surface area contributed by atoms with Crippen LogP contribution in [-0.4, -0.2) is 31.4 Å². The number of aliphatic hydroxyl groups excluding tert-OH is 1. The summed E-state index contributed by atoms with van der Waals surface area (Å²) in [4.78, 5) is 17.9. The number of rotatable bonds is 6. The minimum atomic E-state index is -0.426. The second kappa shape index (κ2) is 8.60. The lowest BCUT2D eigenvalue weighted by atomic mass is 10.1. The zero-order chi connectivity index (χ0) is 23.8. The number of aromatic nitrogens is 4. The molecule has 5 rings (SSSR count). The number of hydrogen-bond donors (Lipinski definition) is 1. The van der Waals surface area contributed by atoms with Gasteiger partial charge in [-0.1, -0.05) is 12.1 Å². The van der Waals surface area contributed by atoms with Crippen LogP contribution in [0.2, 0.25) is 0 Å². The fraction of sp³-hybridized carbons (Fsp3) is 0.160. The van der Waals surface area contributed by atoms with E-state index in [-0.39, 0.29) is 17.6 Å². The highest BCUT2D eigenvalue weighted by molar-refractivity contribution is 5.72. The number of fused-ring (bicyclic) bond motifs is 1. The first-order valence-corrected chi connectivity index (χ1v) is 10.6. The number of hydrogen-bond acceptors (Lipinski definition) is 6. The standard InChI is InChI=1S/C25H21FN4O4/c1-15-21(27-24(34-15)16-6-8-19(33-2)9-7-16)13-29-10-11-30-23(25(29)32)20(14-31)22(28-30)17-4-3-5-18(26)12-17/h3-12,31H,13-14H2,1-2H3. The van der Waals surface area contributed by atoms with Gasteiger partial charge in [-0.15, -0.1) is 0 Å². The topological polar surface area (TPSA) is 94.8 Å². The second-order valence-electron chi connectivity index (χ2n) is 7.77. The van der Waals surface area contributed by atoms with Gasteiger partial charge in [0.25, 0.3) is 5.56 Å². The molecule has 0 atom stereocenters. The van der Waals surface area contributed by atoms with E-state index in [2.05, 4.69) is 10.1 Å². The number of ether oxygens (including phenoxy) is 1. The molecule has 0 bridgehead atoms. The highest BCUT2D eigenvalue weighted by atomic mass is 19.1. The summed E-state index contributed by atoms with van der Waals surface area (Å²) >= 11 is 0. The van der Waals surface area contributed by atoms with Crippen molar-refractivity contribution in [3.63, 3.8) is 0 Å². The highest BCUT2D eigenvalue weighted by Crippen LogP contribution is 2.26. The maximum Gasteiger partial charge on any atom is 0.277 e. The molecule has 0 spiro atoms. The molecule has 3 aromatic heterocycles. The van der Waals surface area contributed by atoms with Gasteiger partial charge in [0.15, 0.2) is 0 Å². The second-order valence-corrected chi connectivity index (χ2v) is 7.77. The van der Waals surface area contributed by atoms with Crippen molar-refractivity contribution in [3.05, 3.63) is 94.1 Å². The molecule has 0 amide bonds. The molecule has 8 nitrogen and oxygen atoms in total. The molecule has 3 heterocycles. The minimum absolute atomic E-state index is 0.173. The molecule has 0 saturated heterocycles. The van der Waals surface area contributed by atoms with Crippen LogP contribution in [0.25, 0.3) is 28.2 Å². The van der Waals surface area contributed by atoms with Crippen molar-refractivity contribution in [2.45, 2.75) is 20.1 Å². The summed E-state index contributed by atoms with van der Waals surface area (Å²) in [6.45, 7) is 1.55. The first-order chi connectivity index (χ1) is 16.5. The molecular formula is C25H21FN4O4. The summed E-state index contributed by atoms with van der Waals surface area (Å²) in [6, 6.07) is 13.2. The first kappa shape index (κ1) is 21.6.